The molecule has 0 radical (unpaired) electrons. The van der Waals surface area contributed by atoms with Crippen molar-refractivity contribution in [1.82, 2.24) is 4.90 Å². The lowest BCUT2D eigenvalue weighted by molar-refractivity contribution is -0.163. The van der Waals surface area contributed by atoms with E-state index in [1.807, 2.05) is 0 Å². The molecule has 132 valence electrons. The second kappa shape index (κ2) is 7.29. The minimum Gasteiger partial charge on any atom is -0.480 e. The molecular weight excluding hydrogens is 334 g/mol. The average molecular weight is 355 g/mol. The molecule has 0 spiro atoms. The van der Waals surface area contributed by atoms with Gasteiger partial charge in [0, 0.05) is 13.1 Å². The fourth-order valence-electron chi connectivity index (χ4n) is 2.55. The summed E-state index contributed by atoms with van der Waals surface area (Å²) in [7, 11) is 0. The van der Waals surface area contributed by atoms with Gasteiger partial charge in [-0.3, -0.25) is 14.4 Å². The molecule has 0 aromatic carbocycles. The van der Waals surface area contributed by atoms with Crippen LogP contribution in [0.5, 0.6) is 0 Å². The summed E-state index contributed by atoms with van der Waals surface area (Å²) < 4.78 is 5.52. The molecule has 0 atom stereocenters. The lowest BCUT2D eigenvalue weighted by Crippen LogP contribution is -2.42. The number of hydrogen-bond acceptors (Lipinski definition) is 5. The van der Waals surface area contributed by atoms with Crippen LogP contribution in [0.3, 0.4) is 0 Å². The van der Waals surface area contributed by atoms with E-state index < -0.39 is 23.3 Å². The third kappa shape index (κ3) is 3.75. The molecule has 0 bridgehead atoms. The van der Waals surface area contributed by atoms with Gasteiger partial charge < -0.3 is 19.5 Å². The Morgan fingerprint density at radius 1 is 1.29 bits per heavy atom. The molecule has 0 saturated carbocycles. The van der Waals surface area contributed by atoms with E-state index in [-0.39, 0.29) is 25.3 Å². The molecule has 1 fully saturated rings. The Morgan fingerprint density at radius 3 is 2.50 bits per heavy atom. The molecular formula is C16H21NO6S. The SMILES string of the molecule is CC(C)CSCc1ccc(C(=O)N2CCC(C(=O)O)(C(=O)O)C2)o1. The Hall–Kier alpha value is -1.96. The van der Waals surface area contributed by atoms with Gasteiger partial charge in [0.15, 0.2) is 11.2 Å². The highest BCUT2D eigenvalue weighted by Gasteiger charge is 2.53. The smallest absolute Gasteiger partial charge is 0.322 e. The van der Waals surface area contributed by atoms with Crippen LogP contribution in [0.4, 0.5) is 0 Å². The van der Waals surface area contributed by atoms with E-state index >= 15 is 0 Å². The lowest BCUT2D eigenvalue weighted by Gasteiger charge is -2.19. The van der Waals surface area contributed by atoms with Gasteiger partial charge in [0.2, 0.25) is 0 Å². The zero-order valence-electron chi connectivity index (χ0n) is 13.7. The fourth-order valence-corrected chi connectivity index (χ4v) is 3.49. The Bertz CT molecular complexity index is 624. The molecule has 7 nitrogen and oxygen atoms in total. The molecule has 1 aliphatic rings. The van der Waals surface area contributed by atoms with Gasteiger partial charge in [-0.2, -0.15) is 11.8 Å². The van der Waals surface area contributed by atoms with Crippen molar-refractivity contribution in [2.45, 2.75) is 26.0 Å². The summed E-state index contributed by atoms with van der Waals surface area (Å²) in [5.41, 5.74) is -1.93. The zero-order chi connectivity index (χ0) is 17.9. The van der Waals surface area contributed by atoms with Crippen molar-refractivity contribution in [2.24, 2.45) is 11.3 Å². The fraction of sp³-hybridized carbons (Fsp3) is 0.562. The van der Waals surface area contributed by atoms with Crippen LogP contribution in [0, 0.1) is 11.3 Å². The molecule has 24 heavy (non-hydrogen) atoms. The minimum atomic E-state index is -1.93. The van der Waals surface area contributed by atoms with E-state index in [0.29, 0.717) is 17.4 Å². The predicted octanol–water partition coefficient (Wildman–Crippen LogP) is 2.17. The molecule has 1 saturated heterocycles. The molecule has 1 aromatic heterocycles. The summed E-state index contributed by atoms with van der Waals surface area (Å²) in [6.07, 6.45) is -0.110. The molecule has 0 aliphatic carbocycles. The Balaban J connectivity index is 2.01. The first-order valence-electron chi connectivity index (χ1n) is 7.69. The number of carboxylic acid groups (broad SMARTS) is 2. The maximum Gasteiger partial charge on any atom is 0.322 e. The van der Waals surface area contributed by atoms with E-state index in [1.165, 1.54) is 4.90 Å². The largest absolute Gasteiger partial charge is 0.480 e. The third-order valence-electron chi connectivity index (χ3n) is 3.94. The van der Waals surface area contributed by atoms with Crippen molar-refractivity contribution in [2.75, 3.05) is 18.8 Å². The normalized spacial score (nSPS) is 16.5. The summed E-state index contributed by atoms with van der Waals surface area (Å²) in [5, 5.41) is 18.4. The molecule has 2 N–H and O–H groups in total. The van der Waals surface area contributed by atoms with Crippen molar-refractivity contribution < 1.29 is 29.0 Å². The summed E-state index contributed by atoms with van der Waals surface area (Å²) in [6.45, 7) is 3.97. The number of amides is 1. The van der Waals surface area contributed by atoms with Crippen molar-refractivity contribution in [1.29, 1.82) is 0 Å². The third-order valence-corrected chi connectivity index (χ3v) is 5.33. The minimum absolute atomic E-state index is 0.0789. The first kappa shape index (κ1) is 18.4. The van der Waals surface area contributed by atoms with E-state index in [1.54, 1.807) is 23.9 Å². The van der Waals surface area contributed by atoms with Gasteiger partial charge in [0.25, 0.3) is 5.91 Å². The van der Waals surface area contributed by atoms with Crippen LogP contribution in [0.25, 0.3) is 0 Å². The Labute approximate surface area is 144 Å². The highest BCUT2D eigenvalue weighted by Crippen LogP contribution is 2.32. The monoisotopic (exact) mass is 355 g/mol. The van der Waals surface area contributed by atoms with Gasteiger partial charge in [-0.15, -0.1) is 0 Å². The topological polar surface area (TPSA) is 108 Å². The van der Waals surface area contributed by atoms with Gasteiger partial charge >= 0.3 is 11.9 Å². The second-order valence-corrected chi connectivity index (χ2v) is 7.37. The molecule has 1 aromatic rings. The number of aliphatic carboxylic acids is 2. The molecule has 0 unspecified atom stereocenters. The number of rotatable bonds is 7. The van der Waals surface area contributed by atoms with Crippen LogP contribution in [0.15, 0.2) is 16.5 Å². The summed E-state index contributed by atoms with van der Waals surface area (Å²) in [5.74, 6) is -0.329. The number of thioether (sulfide) groups is 1. The number of hydrogen-bond donors (Lipinski definition) is 2. The number of carbonyl (C=O) groups is 3. The van der Waals surface area contributed by atoms with Crippen LogP contribution < -0.4 is 0 Å². The quantitative estimate of drug-likeness (QED) is 0.722. The van der Waals surface area contributed by atoms with E-state index in [9.17, 15) is 24.6 Å². The number of furan rings is 1. The van der Waals surface area contributed by atoms with E-state index in [0.717, 1.165) is 5.75 Å². The number of carboxylic acids is 2. The van der Waals surface area contributed by atoms with Crippen LogP contribution in [-0.4, -0.2) is 51.8 Å². The van der Waals surface area contributed by atoms with Crippen LogP contribution in [0.1, 0.15) is 36.6 Å². The second-order valence-electron chi connectivity index (χ2n) is 6.34. The maximum absolute atomic E-state index is 12.4. The standard InChI is InChI=1S/C16H21NO6S/c1-10(2)7-24-8-11-3-4-12(23-11)13(18)17-6-5-16(9-17,14(19)20)15(21)22/h3-4,10H,5-9H2,1-2H3,(H,19,20)(H,21,22). The van der Waals surface area contributed by atoms with Crippen LogP contribution >= 0.6 is 11.8 Å². The van der Waals surface area contributed by atoms with Gasteiger partial charge in [0.05, 0.1) is 5.75 Å². The maximum atomic E-state index is 12.4. The predicted molar refractivity (Wildman–Crippen MR) is 87.9 cm³/mol. The first-order valence-corrected chi connectivity index (χ1v) is 8.84. The van der Waals surface area contributed by atoms with Crippen LogP contribution in [-0.2, 0) is 15.3 Å². The van der Waals surface area contributed by atoms with Crippen molar-refractivity contribution in [3.05, 3.63) is 23.7 Å². The number of likely N-dealkylation sites (tertiary alicyclic amines) is 1. The highest BCUT2D eigenvalue weighted by molar-refractivity contribution is 7.98. The van der Waals surface area contributed by atoms with Crippen LogP contribution in [0.2, 0.25) is 0 Å². The van der Waals surface area contributed by atoms with E-state index in [4.69, 9.17) is 4.42 Å². The molecule has 1 amide bonds. The lowest BCUT2D eigenvalue weighted by atomic mass is 9.87. The molecule has 8 heteroatoms. The Morgan fingerprint density at radius 2 is 1.96 bits per heavy atom. The molecule has 1 aliphatic heterocycles. The number of carbonyl (C=O) groups excluding carboxylic acids is 1. The summed E-state index contributed by atoms with van der Waals surface area (Å²) >= 11 is 1.71. The summed E-state index contributed by atoms with van der Waals surface area (Å²) in [6, 6.07) is 3.27. The Kier molecular flexibility index (Phi) is 5.58. The van der Waals surface area contributed by atoms with E-state index in [2.05, 4.69) is 13.8 Å². The van der Waals surface area contributed by atoms with Crippen molar-refractivity contribution in [3.63, 3.8) is 0 Å². The zero-order valence-corrected chi connectivity index (χ0v) is 14.5. The van der Waals surface area contributed by atoms with Crippen molar-refractivity contribution >= 4 is 29.6 Å². The molecule has 2 rings (SSSR count). The van der Waals surface area contributed by atoms with Gasteiger partial charge in [-0.1, -0.05) is 13.8 Å². The van der Waals surface area contributed by atoms with Gasteiger partial charge in [-0.05, 0) is 30.2 Å². The number of nitrogens with zero attached hydrogens (tertiary/aromatic N) is 1. The van der Waals surface area contributed by atoms with Gasteiger partial charge in [-0.25, -0.2) is 0 Å². The highest BCUT2D eigenvalue weighted by atomic mass is 32.2. The molecule has 2 heterocycles. The first-order chi connectivity index (χ1) is 11.3. The van der Waals surface area contributed by atoms with Gasteiger partial charge in [0.1, 0.15) is 5.76 Å². The average Bonchev–Trinajstić information content (AvgIpc) is 3.14. The van der Waals surface area contributed by atoms with Crippen molar-refractivity contribution in [3.8, 4) is 0 Å². The summed E-state index contributed by atoms with van der Waals surface area (Å²) in [4.78, 5) is 36.2.